The molecule has 1 saturated heterocycles. The largest absolute Gasteiger partial charge is 0.370 e. The first-order valence-corrected chi connectivity index (χ1v) is 7.44. The summed E-state index contributed by atoms with van der Waals surface area (Å²) in [7, 11) is 0. The molecule has 1 aromatic carbocycles. The van der Waals surface area contributed by atoms with Crippen molar-refractivity contribution in [2.45, 2.75) is 6.10 Å². The van der Waals surface area contributed by atoms with Crippen LogP contribution in [0.3, 0.4) is 0 Å². The zero-order chi connectivity index (χ0) is 15.6. The van der Waals surface area contributed by atoms with E-state index in [1.807, 2.05) is 30.3 Å². The van der Waals surface area contributed by atoms with Crippen molar-refractivity contribution in [3.8, 4) is 0 Å². The number of ether oxygens (including phenoxy) is 1. The third-order valence-corrected chi connectivity index (χ3v) is 3.83. The molecule has 0 unspecified atom stereocenters. The maximum absolute atomic E-state index is 12.7. The van der Waals surface area contributed by atoms with Crippen molar-refractivity contribution in [2.24, 2.45) is 0 Å². The fourth-order valence-electron chi connectivity index (χ4n) is 2.67. The van der Waals surface area contributed by atoms with E-state index in [0.717, 1.165) is 5.56 Å². The molecular weight excluding hydrogens is 294 g/mol. The van der Waals surface area contributed by atoms with Crippen LogP contribution in [0, 0.1) is 0 Å². The van der Waals surface area contributed by atoms with Gasteiger partial charge in [0.25, 0.3) is 11.7 Å². The first-order chi connectivity index (χ1) is 11.3. The van der Waals surface area contributed by atoms with E-state index in [-0.39, 0.29) is 17.8 Å². The van der Waals surface area contributed by atoms with Gasteiger partial charge in [-0.05, 0) is 11.6 Å². The van der Waals surface area contributed by atoms with Crippen molar-refractivity contribution in [3.05, 3.63) is 60.2 Å². The number of hydrogen-bond acceptors (Lipinski definition) is 5. The second-order valence-corrected chi connectivity index (χ2v) is 5.32. The number of nitrogens with zero attached hydrogens (tertiary/aromatic N) is 5. The van der Waals surface area contributed by atoms with Gasteiger partial charge in [-0.2, -0.15) is 4.98 Å². The molecular formula is C16H15N5O2. The van der Waals surface area contributed by atoms with Crippen LogP contribution in [0.15, 0.2) is 48.8 Å². The molecule has 2 aromatic heterocycles. The molecule has 3 aromatic rings. The summed E-state index contributed by atoms with van der Waals surface area (Å²) in [5, 5.41) is 4.20. The SMILES string of the molecule is O=C(c1nc2ncccn2n1)N1CCO[C@@H](c2ccccc2)C1. The zero-order valence-electron chi connectivity index (χ0n) is 12.4. The summed E-state index contributed by atoms with van der Waals surface area (Å²) in [5.41, 5.74) is 1.06. The highest BCUT2D eigenvalue weighted by Gasteiger charge is 2.28. The average molecular weight is 309 g/mol. The summed E-state index contributed by atoms with van der Waals surface area (Å²) >= 11 is 0. The number of aromatic nitrogens is 4. The molecule has 0 radical (unpaired) electrons. The summed E-state index contributed by atoms with van der Waals surface area (Å²) in [6.45, 7) is 1.52. The van der Waals surface area contributed by atoms with Crippen molar-refractivity contribution in [2.75, 3.05) is 19.7 Å². The third kappa shape index (κ3) is 2.66. The first-order valence-electron chi connectivity index (χ1n) is 7.44. The molecule has 0 bridgehead atoms. The minimum atomic E-state index is -0.195. The molecule has 23 heavy (non-hydrogen) atoms. The molecule has 0 saturated carbocycles. The van der Waals surface area contributed by atoms with Crippen LogP contribution in [0.4, 0.5) is 0 Å². The summed E-state index contributed by atoms with van der Waals surface area (Å²) in [5.74, 6) is 0.390. The lowest BCUT2D eigenvalue weighted by molar-refractivity contribution is -0.0232. The Bertz CT molecular complexity index is 800. The number of morpholine rings is 1. The van der Waals surface area contributed by atoms with Gasteiger partial charge in [-0.25, -0.2) is 9.50 Å². The Morgan fingerprint density at radius 1 is 1.22 bits per heavy atom. The number of benzene rings is 1. The molecule has 7 nitrogen and oxygen atoms in total. The van der Waals surface area contributed by atoms with E-state index in [9.17, 15) is 4.79 Å². The van der Waals surface area contributed by atoms with E-state index in [0.29, 0.717) is 25.5 Å². The van der Waals surface area contributed by atoms with Gasteiger partial charge in [0.1, 0.15) is 6.10 Å². The van der Waals surface area contributed by atoms with Gasteiger partial charge in [0.05, 0.1) is 13.2 Å². The average Bonchev–Trinajstić information content (AvgIpc) is 3.06. The van der Waals surface area contributed by atoms with Crippen molar-refractivity contribution in [1.82, 2.24) is 24.5 Å². The number of fused-ring (bicyclic) bond motifs is 1. The molecule has 0 aliphatic carbocycles. The number of carbonyl (C=O) groups excluding carboxylic acids is 1. The number of hydrogen-bond donors (Lipinski definition) is 0. The number of carbonyl (C=O) groups is 1. The quantitative estimate of drug-likeness (QED) is 0.714. The van der Waals surface area contributed by atoms with Crippen molar-refractivity contribution >= 4 is 11.7 Å². The highest BCUT2D eigenvalue weighted by molar-refractivity contribution is 5.91. The predicted octanol–water partition coefficient (Wildman–Crippen LogP) is 1.34. The van der Waals surface area contributed by atoms with E-state index >= 15 is 0 Å². The Kier molecular flexibility index (Phi) is 3.47. The lowest BCUT2D eigenvalue weighted by atomic mass is 10.1. The standard InChI is InChI=1S/C16H15N5O2/c22-15(14-18-16-17-7-4-8-21(16)19-14)20-9-10-23-13(11-20)12-5-2-1-3-6-12/h1-8,13H,9-11H2/t13-/m1/s1. The normalized spacial score (nSPS) is 18.3. The molecule has 4 rings (SSSR count). The highest BCUT2D eigenvalue weighted by Crippen LogP contribution is 2.22. The predicted molar refractivity (Wildman–Crippen MR) is 81.8 cm³/mol. The summed E-state index contributed by atoms with van der Waals surface area (Å²) in [4.78, 5) is 22.7. The van der Waals surface area contributed by atoms with E-state index in [1.54, 1.807) is 23.4 Å². The Balaban J connectivity index is 1.56. The first kappa shape index (κ1) is 13.8. The monoisotopic (exact) mass is 309 g/mol. The summed E-state index contributed by atoms with van der Waals surface area (Å²) in [6, 6.07) is 11.7. The maximum Gasteiger partial charge on any atom is 0.293 e. The van der Waals surface area contributed by atoms with E-state index in [1.165, 1.54) is 4.52 Å². The minimum Gasteiger partial charge on any atom is -0.370 e. The topological polar surface area (TPSA) is 72.6 Å². The van der Waals surface area contributed by atoms with Gasteiger partial charge in [0, 0.05) is 18.9 Å². The smallest absolute Gasteiger partial charge is 0.293 e. The van der Waals surface area contributed by atoms with Crippen molar-refractivity contribution < 1.29 is 9.53 Å². The van der Waals surface area contributed by atoms with Crippen LogP contribution in [-0.4, -0.2) is 50.1 Å². The van der Waals surface area contributed by atoms with Crippen LogP contribution in [0.1, 0.15) is 22.3 Å². The van der Waals surface area contributed by atoms with E-state index in [2.05, 4.69) is 15.1 Å². The van der Waals surface area contributed by atoms with Gasteiger partial charge in [-0.15, -0.1) is 5.10 Å². The Labute approximate surface area is 132 Å². The fraction of sp³-hybridized carbons (Fsp3) is 0.250. The molecule has 0 N–H and O–H groups in total. The van der Waals surface area contributed by atoms with Crippen LogP contribution < -0.4 is 0 Å². The number of rotatable bonds is 2. The molecule has 3 heterocycles. The fourth-order valence-corrected chi connectivity index (χ4v) is 2.67. The van der Waals surface area contributed by atoms with Gasteiger partial charge >= 0.3 is 0 Å². The zero-order valence-corrected chi connectivity index (χ0v) is 12.4. The van der Waals surface area contributed by atoms with Crippen molar-refractivity contribution in [1.29, 1.82) is 0 Å². The molecule has 1 atom stereocenters. The molecule has 1 aliphatic heterocycles. The van der Waals surface area contributed by atoms with Crippen LogP contribution >= 0.6 is 0 Å². The molecule has 116 valence electrons. The van der Waals surface area contributed by atoms with Gasteiger partial charge < -0.3 is 9.64 Å². The van der Waals surface area contributed by atoms with Crippen molar-refractivity contribution in [3.63, 3.8) is 0 Å². The lowest BCUT2D eigenvalue weighted by Crippen LogP contribution is -2.42. The van der Waals surface area contributed by atoms with Crippen LogP contribution in [-0.2, 0) is 4.74 Å². The van der Waals surface area contributed by atoms with E-state index < -0.39 is 0 Å². The van der Waals surface area contributed by atoms with Crippen LogP contribution in [0.25, 0.3) is 5.78 Å². The summed E-state index contributed by atoms with van der Waals surface area (Å²) in [6.07, 6.45) is 3.22. The lowest BCUT2D eigenvalue weighted by Gasteiger charge is -2.32. The minimum absolute atomic E-state index is 0.121. The third-order valence-electron chi connectivity index (χ3n) is 3.83. The van der Waals surface area contributed by atoms with Crippen LogP contribution in [0.5, 0.6) is 0 Å². The van der Waals surface area contributed by atoms with Gasteiger partial charge in [-0.3, -0.25) is 4.79 Å². The van der Waals surface area contributed by atoms with Gasteiger partial charge in [0.15, 0.2) is 0 Å². The number of amides is 1. The Morgan fingerprint density at radius 2 is 2.09 bits per heavy atom. The molecule has 1 fully saturated rings. The second-order valence-electron chi connectivity index (χ2n) is 5.32. The Morgan fingerprint density at radius 3 is 2.91 bits per heavy atom. The molecule has 1 aliphatic rings. The second kappa shape index (κ2) is 5.77. The highest BCUT2D eigenvalue weighted by atomic mass is 16.5. The van der Waals surface area contributed by atoms with Crippen LogP contribution in [0.2, 0.25) is 0 Å². The molecule has 1 amide bonds. The van der Waals surface area contributed by atoms with Gasteiger partial charge in [-0.1, -0.05) is 30.3 Å². The summed E-state index contributed by atoms with van der Waals surface area (Å²) < 4.78 is 7.29. The van der Waals surface area contributed by atoms with Gasteiger partial charge in [0.2, 0.25) is 5.82 Å². The Hall–Kier alpha value is -2.80. The van der Waals surface area contributed by atoms with E-state index in [4.69, 9.17) is 4.74 Å². The molecule has 7 heteroatoms. The molecule has 0 spiro atoms. The maximum atomic E-state index is 12.7.